The monoisotopic (exact) mass is 421 g/mol. The Balaban J connectivity index is 1.40. The molecule has 2 aromatic carbocycles. The van der Waals surface area contributed by atoms with Gasteiger partial charge in [0, 0.05) is 26.2 Å². The number of benzene rings is 2. The molecule has 4 amide bonds. The minimum Gasteiger partial charge on any atom is -0.496 e. The minimum atomic E-state index is -0.447. The highest BCUT2D eigenvalue weighted by molar-refractivity contribution is 6.22. The second-order valence-electron chi connectivity index (χ2n) is 7.47. The molecule has 0 radical (unpaired) electrons. The van der Waals surface area contributed by atoms with Gasteiger partial charge in [-0.15, -0.1) is 0 Å². The number of imide groups is 1. The molecule has 0 aliphatic carbocycles. The van der Waals surface area contributed by atoms with Crippen LogP contribution in [0.5, 0.6) is 5.75 Å². The van der Waals surface area contributed by atoms with E-state index in [1.54, 1.807) is 58.3 Å². The van der Waals surface area contributed by atoms with Crippen molar-refractivity contribution in [2.45, 2.75) is 6.42 Å². The van der Waals surface area contributed by atoms with E-state index < -0.39 is 11.8 Å². The zero-order valence-corrected chi connectivity index (χ0v) is 17.2. The van der Waals surface area contributed by atoms with Gasteiger partial charge in [0.05, 0.1) is 23.8 Å². The molecular weight excluding hydrogens is 398 g/mol. The molecule has 0 aromatic heterocycles. The van der Waals surface area contributed by atoms with Gasteiger partial charge in [0.2, 0.25) is 5.91 Å². The van der Waals surface area contributed by atoms with Crippen LogP contribution in [0.3, 0.4) is 0 Å². The van der Waals surface area contributed by atoms with Gasteiger partial charge in [-0.3, -0.25) is 24.1 Å². The SMILES string of the molecule is COc1ccccc1C(=O)N1CCCN(C(=O)CN2C(=O)c3ccccc3C2=O)CC1. The number of carbonyl (C=O) groups excluding carboxylic acids is 4. The van der Waals surface area contributed by atoms with Crippen molar-refractivity contribution < 1.29 is 23.9 Å². The zero-order chi connectivity index (χ0) is 22.0. The molecule has 0 spiro atoms. The molecule has 2 heterocycles. The van der Waals surface area contributed by atoms with Crippen LogP contribution in [0.25, 0.3) is 0 Å². The standard InChI is InChI=1S/C23H23N3O5/c1-31-19-10-5-4-9-18(19)21(28)25-12-6-11-24(13-14-25)20(27)15-26-22(29)16-7-2-3-8-17(16)23(26)30/h2-5,7-10H,6,11-15H2,1H3. The maximum absolute atomic E-state index is 12.9. The number of rotatable bonds is 4. The Morgan fingerprint density at radius 1 is 0.839 bits per heavy atom. The third-order valence-corrected chi connectivity index (χ3v) is 5.64. The molecule has 2 aromatic rings. The first-order valence-electron chi connectivity index (χ1n) is 10.2. The lowest BCUT2D eigenvalue weighted by Gasteiger charge is -2.24. The van der Waals surface area contributed by atoms with Crippen LogP contribution < -0.4 is 4.74 Å². The van der Waals surface area contributed by atoms with Gasteiger partial charge in [0.1, 0.15) is 12.3 Å². The van der Waals surface area contributed by atoms with Crippen molar-refractivity contribution in [3.8, 4) is 5.75 Å². The van der Waals surface area contributed by atoms with Crippen LogP contribution in [0.4, 0.5) is 0 Å². The van der Waals surface area contributed by atoms with Gasteiger partial charge < -0.3 is 14.5 Å². The van der Waals surface area contributed by atoms with Crippen molar-refractivity contribution in [1.82, 2.24) is 14.7 Å². The van der Waals surface area contributed by atoms with Gasteiger partial charge in [-0.1, -0.05) is 24.3 Å². The van der Waals surface area contributed by atoms with Crippen LogP contribution in [0.15, 0.2) is 48.5 Å². The zero-order valence-electron chi connectivity index (χ0n) is 17.2. The quantitative estimate of drug-likeness (QED) is 0.701. The number of hydrogen-bond acceptors (Lipinski definition) is 5. The highest BCUT2D eigenvalue weighted by atomic mass is 16.5. The van der Waals surface area contributed by atoms with Gasteiger partial charge in [-0.2, -0.15) is 0 Å². The molecule has 8 nitrogen and oxygen atoms in total. The van der Waals surface area contributed by atoms with E-state index in [2.05, 4.69) is 0 Å². The maximum Gasteiger partial charge on any atom is 0.262 e. The molecular formula is C23H23N3O5. The Morgan fingerprint density at radius 3 is 2.10 bits per heavy atom. The molecule has 31 heavy (non-hydrogen) atoms. The van der Waals surface area contributed by atoms with Crippen LogP contribution in [0.1, 0.15) is 37.5 Å². The molecule has 2 aliphatic rings. The summed E-state index contributed by atoms with van der Waals surface area (Å²) >= 11 is 0. The molecule has 4 rings (SSSR count). The van der Waals surface area contributed by atoms with E-state index in [4.69, 9.17) is 4.74 Å². The first-order chi connectivity index (χ1) is 15.0. The van der Waals surface area contributed by atoms with Gasteiger partial charge in [-0.25, -0.2) is 0 Å². The van der Waals surface area contributed by atoms with E-state index >= 15 is 0 Å². The van der Waals surface area contributed by atoms with Crippen molar-refractivity contribution in [2.75, 3.05) is 39.8 Å². The summed E-state index contributed by atoms with van der Waals surface area (Å²) in [6.45, 7) is 1.37. The predicted molar refractivity (Wildman–Crippen MR) is 112 cm³/mol. The first kappa shape index (κ1) is 20.6. The third-order valence-electron chi connectivity index (χ3n) is 5.64. The van der Waals surface area contributed by atoms with E-state index in [-0.39, 0.29) is 18.4 Å². The van der Waals surface area contributed by atoms with Crippen LogP contribution in [-0.4, -0.2) is 78.2 Å². The lowest BCUT2D eigenvalue weighted by molar-refractivity contribution is -0.131. The summed E-state index contributed by atoms with van der Waals surface area (Å²) in [6.07, 6.45) is 0.606. The van der Waals surface area contributed by atoms with Gasteiger partial charge in [0.25, 0.3) is 17.7 Å². The fourth-order valence-corrected chi connectivity index (χ4v) is 3.98. The van der Waals surface area contributed by atoms with E-state index in [0.717, 1.165) is 4.90 Å². The summed E-state index contributed by atoms with van der Waals surface area (Å²) < 4.78 is 5.29. The lowest BCUT2D eigenvalue weighted by atomic mass is 10.1. The molecule has 0 bridgehead atoms. The smallest absolute Gasteiger partial charge is 0.262 e. The van der Waals surface area contributed by atoms with Gasteiger partial charge >= 0.3 is 0 Å². The number of hydrogen-bond donors (Lipinski definition) is 0. The number of para-hydroxylation sites is 1. The minimum absolute atomic E-state index is 0.146. The van der Waals surface area contributed by atoms with Gasteiger partial charge in [-0.05, 0) is 30.7 Å². The average Bonchev–Trinajstić information content (AvgIpc) is 2.97. The van der Waals surface area contributed by atoms with Crippen LogP contribution in [-0.2, 0) is 4.79 Å². The van der Waals surface area contributed by atoms with Crippen molar-refractivity contribution in [3.63, 3.8) is 0 Å². The Hall–Kier alpha value is -3.68. The third kappa shape index (κ3) is 3.88. The number of nitrogens with zero attached hydrogens (tertiary/aromatic N) is 3. The van der Waals surface area contributed by atoms with E-state index in [1.165, 1.54) is 7.11 Å². The van der Waals surface area contributed by atoms with Crippen molar-refractivity contribution in [1.29, 1.82) is 0 Å². The predicted octanol–water partition coefficient (Wildman–Crippen LogP) is 1.67. The van der Waals surface area contributed by atoms with E-state index in [0.29, 0.717) is 55.0 Å². The molecule has 1 fully saturated rings. The normalized spacial score (nSPS) is 16.2. The van der Waals surface area contributed by atoms with Crippen LogP contribution in [0.2, 0.25) is 0 Å². The second-order valence-corrected chi connectivity index (χ2v) is 7.47. The average molecular weight is 421 g/mol. The topological polar surface area (TPSA) is 87.2 Å². The Labute approximate surface area is 180 Å². The first-order valence-corrected chi connectivity index (χ1v) is 10.2. The molecule has 160 valence electrons. The Kier molecular flexibility index (Phi) is 5.70. The highest BCUT2D eigenvalue weighted by Gasteiger charge is 2.37. The number of amides is 4. The summed E-state index contributed by atoms with van der Waals surface area (Å²) in [5, 5.41) is 0. The molecule has 0 saturated carbocycles. The number of ether oxygens (including phenoxy) is 1. The summed E-state index contributed by atoms with van der Waals surface area (Å²) in [7, 11) is 1.52. The summed E-state index contributed by atoms with van der Waals surface area (Å²) in [5.74, 6) is -0.836. The highest BCUT2D eigenvalue weighted by Crippen LogP contribution is 2.23. The Morgan fingerprint density at radius 2 is 1.42 bits per heavy atom. The largest absolute Gasteiger partial charge is 0.496 e. The van der Waals surface area contributed by atoms with Crippen LogP contribution in [0, 0.1) is 0 Å². The van der Waals surface area contributed by atoms with Crippen molar-refractivity contribution in [2.24, 2.45) is 0 Å². The molecule has 0 N–H and O–H groups in total. The summed E-state index contributed by atoms with van der Waals surface area (Å²) in [4.78, 5) is 55.1. The fraction of sp³-hybridized carbons (Fsp3) is 0.304. The summed E-state index contributed by atoms with van der Waals surface area (Å²) in [6, 6.07) is 13.6. The van der Waals surface area contributed by atoms with Crippen LogP contribution >= 0.6 is 0 Å². The molecule has 2 aliphatic heterocycles. The van der Waals surface area contributed by atoms with Gasteiger partial charge in [0.15, 0.2) is 0 Å². The van der Waals surface area contributed by atoms with E-state index in [1.807, 2.05) is 0 Å². The van der Waals surface area contributed by atoms with Crippen molar-refractivity contribution in [3.05, 3.63) is 65.2 Å². The summed E-state index contributed by atoms with van der Waals surface area (Å²) in [5.41, 5.74) is 1.13. The fourth-order valence-electron chi connectivity index (χ4n) is 3.98. The maximum atomic E-state index is 12.9. The number of carbonyl (C=O) groups is 4. The van der Waals surface area contributed by atoms with Crippen molar-refractivity contribution >= 4 is 23.6 Å². The molecule has 1 saturated heterocycles. The number of fused-ring (bicyclic) bond motifs is 1. The van der Waals surface area contributed by atoms with E-state index in [9.17, 15) is 19.2 Å². The second kappa shape index (κ2) is 8.59. The lowest BCUT2D eigenvalue weighted by Crippen LogP contribution is -2.44. The molecule has 0 atom stereocenters. The number of methoxy groups -OCH3 is 1. The Bertz CT molecular complexity index is 1020. The molecule has 0 unspecified atom stereocenters. The molecule has 8 heteroatoms.